The van der Waals surface area contributed by atoms with Gasteiger partial charge in [-0.15, -0.1) is 0 Å². The molecule has 0 spiro atoms. The zero-order valence-corrected chi connectivity index (χ0v) is 11.8. The lowest BCUT2D eigenvalue weighted by atomic mass is 9.90. The molecule has 0 radical (unpaired) electrons. The molecule has 3 heteroatoms. The molecule has 1 aliphatic heterocycles. The van der Waals surface area contributed by atoms with E-state index in [2.05, 4.69) is 25.7 Å². The number of methoxy groups -OCH3 is 1. The summed E-state index contributed by atoms with van der Waals surface area (Å²) in [6.45, 7) is 10.3. The van der Waals surface area contributed by atoms with Gasteiger partial charge in [0.15, 0.2) is 0 Å². The number of ether oxygens (including phenoxy) is 1. The largest absolute Gasteiger partial charge is 0.469 e. The third kappa shape index (κ3) is 6.06. The van der Waals surface area contributed by atoms with Crippen molar-refractivity contribution in [3.63, 3.8) is 0 Å². The van der Waals surface area contributed by atoms with Crippen LogP contribution in [0.4, 0.5) is 0 Å². The standard InChI is InChI=1S/C14H27NO2/c1-14(2,3)7-10-15-8-5-12(6-9-15)11-13(16)17-4/h12H,5-11H2,1-4H3. The number of nitrogens with zero attached hydrogens (tertiary/aromatic N) is 1. The minimum Gasteiger partial charge on any atom is -0.469 e. The van der Waals surface area contributed by atoms with Crippen molar-refractivity contribution in [2.45, 2.75) is 46.5 Å². The van der Waals surface area contributed by atoms with Crippen molar-refractivity contribution in [2.24, 2.45) is 11.3 Å². The molecule has 1 rings (SSSR count). The van der Waals surface area contributed by atoms with Crippen molar-refractivity contribution in [3.8, 4) is 0 Å². The second-order valence-corrected chi connectivity index (χ2v) is 6.38. The summed E-state index contributed by atoms with van der Waals surface area (Å²) in [5.41, 5.74) is 0.420. The Hall–Kier alpha value is -0.570. The Balaban J connectivity index is 2.19. The van der Waals surface area contributed by atoms with E-state index in [0.717, 1.165) is 25.9 Å². The summed E-state index contributed by atoms with van der Waals surface area (Å²) < 4.78 is 4.72. The van der Waals surface area contributed by atoms with Crippen molar-refractivity contribution in [1.82, 2.24) is 4.90 Å². The second kappa shape index (κ2) is 6.39. The first kappa shape index (κ1) is 14.5. The van der Waals surface area contributed by atoms with Gasteiger partial charge in [-0.25, -0.2) is 0 Å². The van der Waals surface area contributed by atoms with Crippen LogP contribution in [-0.2, 0) is 9.53 Å². The summed E-state index contributed by atoms with van der Waals surface area (Å²) in [7, 11) is 1.47. The quantitative estimate of drug-likeness (QED) is 0.709. The zero-order valence-electron chi connectivity index (χ0n) is 11.8. The molecule has 0 aliphatic carbocycles. The van der Waals surface area contributed by atoms with Crippen LogP contribution < -0.4 is 0 Å². The first-order valence-electron chi connectivity index (χ1n) is 6.70. The van der Waals surface area contributed by atoms with E-state index in [1.165, 1.54) is 20.1 Å². The van der Waals surface area contributed by atoms with Crippen molar-refractivity contribution in [3.05, 3.63) is 0 Å². The first-order chi connectivity index (χ1) is 7.90. The van der Waals surface area contributed by atoms with E-state index in [0.29, 0.717) is 17.8 Å². The summed E-state index contributed by atoms with van der Waals surface area (Å²) >= 11 is 0. The van der Waals surface area contributed by atoms with Crippen molar-refractivity contribution in [1.29, 1.82) is 0 Å². The molecule has 3 nitrogen and oxygen atoms in total. The molecular weight excluding hydrogens is 214 g/mol. The van der Waals surface area contributed by atoms with E-state index in [-0.39, 0.29) is 5.97 Å². The maximum atomic E-state index is 11.2. The number of rotatable bonds is 4. The Kier molecular flexibility index (Phi) is 5.44. The Morgan fingerprint density at radius 1 is 1.29 bits per heavy atom. The number of carbonyl (C=O) groups excluding carboxylic acids is 1. The molecule has 0 aromatic heterocycles. The van der Waals surface area contributed by atoms with E-state index < -0.39 is 0 Å². The van der Waals surface area contributed by atoms with Crippen LogP contribution in [0.3, 0.4) is 0 Å². The molecular formula is C14H27NO2. The Morgan fingerprint density at radius 3 is 2.35 bits per heavy atom. The molecule has 100 valence electrons. The summed E-state index contributed by atoms with van der Waals surface area (Å²) in [5.74, 6) is 0.478. The van der Waals surface area contributed by atoms with Gasteiger partial charge in [-0.3, -0.25) is 4.79 Å². The van der Waals surface area contributed by atoms with Crippen LogP contribution in [0.25, 0.3) is 0 Å². The van der Waals surface area contributed by atoms with E-state index >= 15 is 0 Å². The van der Waals surface area contributed by atoms with Crippen LogP contribution in [-0.4, -0.2) is 37.6 Å². The van der Waals surface area contributed by atoms with Crippen molar-refractivity contribution in [2.75, 3.05) is 26.7 Å². The van der Waals surface area contributed by atoms with Crippen LogP contribution in [0.2, 0.25) is 0 Å². The Morgan fingerprint density at radius 2 is 1.88 bits per heavy atom. The fourth-order valence-electron chi connectivity index (χ4n) is 2.23. The van der Waals surface area contributed by atoms with Crippen LogP contribution in [0.15, 0.2) is 0 Å². The lowest BCUT2D eigenvalue weighted by Gasteiger charge is -2.33. The van der Waals surface area contributed by atoms with Gasteiger partial charge in [0.05, 0.1) is 7.11 Å². The highest BCUT2D eigenvalue weighted by Gasteiger charge is 2.22. The lowest BCUT2D eigenvalue weighted by molar-refractivity contribution is -0.142. The van der Waals surface area contributed by atoms with Gasteiger partial charge in [-0.2, -0.15) is 0 Å². The lowest BCUT2D eigenvalue weighted by Crippen LogP contribution is -2.36. The van der Waals surface area contributed by atoms with E-state index in [1.807, 2.05) is 0 Å². The van der Waals surface area contributed by atoms with Crippen LogP contribution >= 0.6 is 0 Å². The van der Waals surface area contributed by atoms with Gasteiger partial charge in [0.2, 0.25) is 0 Å². The van der Waals surface area contributed by atoms with Gasteiger partial charge in [0, 0.05) is 6.42 Å². The summed E-state index contributed by atoms with van der Waals surface area (Å²) in [6.07, 6.45) is 4.12. The summed E-state index contributed by atoms with van der Waals surface area (Å²) in [6, 6.07) is 0. The molecule has 1 fully saturated rings. The first-order valence-corrected chi connectivity index (χ1v) is 6.70. The predicted molar refractivity (Wildman–Crippen MR) is 69.9 cm³/mol. The van der Waals surface area contributed by atoms with Gasteiger partial charge >= 0.3 is 5.97 Å². The maximum Gasteiger partial charge on any atom is 0.305 e. The van der Waals surface area contributed by atoms with Gasteiger partial charge in [-0.1, -0.05) is 20.8 Å². The molecule has 0 bridgehead atoms. The number of carbonyl (C=O) groups is 1. The SMILES string of the molecule is COC(=O)CC1CCN(CCC(C)(C)C)CC1. The number of esters is 1. The molecule has 0 aromatic carbocycles. The van der Waals surface area contributed by atoms with Crippen molar-refractivity contribution >= 4 is 5.97 Å². The molecule has 17 heavy (non-hydrogen) atoms. The fraction of sp³-hybridized carbons (Fsp3) is 0.929. The minimum absolute atomic E-state index is 0.0573. The summed E-state index contributed by atoms with van der Waals surface area (Å²) in [4.78, 5) is 13.7. The van der Waals surface area contributed by atoms with Crippen LogP contribution in [0, 0.1) is 11.3 Å². The molecule has 1 saturated heterocycles. The zero-order chi connectivity index (χ0) is 12.9. The van der Waals surface area contributed by atoms with E-state index in [9.17, 15) is 4.79 Å². The van der Waals surface area contributed by atoms with Crippen LogP contribution in [0.1, 0.15) is 46.5 Å². The monoisotopic (exact) mass is 241 g/mol. The molecule has 0 N–H and O–H groups in total. The third-order valence-electron chi connectivity index (χ3n) is 3.57. The number of likely N-dealkylation sites (tertiary alicyclic amines) is 1. The molecule has 1 heterocycles. The number of hydrogen-bond donors (Lipinski definition) is 0. The summed E-state index contributed by atoms with van der Waals surface area (Å²) in [5, 5.41) is 0. The highest BCUT2D eigenvalue weighted by atomic mass is 16.5. The second-order valence-electron chi connectivity index (χ2n) is 6.38. The van der Waals surface area contributed by atoms with Crippen molar-refractivity contribution < 1.29 is 9.53 Å². The maximum absolute atomic E-state index is 11.2. The van der Waals surface area contributed by atoms with E-state index in [4.69, 9.17) is 4.74 Å². The van der Waals surface area contributed by atoms with Gasteiger partial charge in [0.1, 0.15) is 0 Å². The minimum atomic E-state index is -0.0573. The normalized spacial score (nSPS) is 19.3. The predicted octanol–water partition coefficient (Wildman–Crippen LogP) is 2.70. The average molecular weight is 241 g/mol. The van der Waals surface area contributed by atoms with Gasteiger partial charge < -0.3 is 9.64 Å². The molecule has 0 atom stereocenters. The molecule has 0 amide bonds. The Labute approximate surface area is 106 Å². The molecule has 1 aliphatic rings. The topological polar surface area (TPSA) is 29.5 Å². The highest BCUT2D eigenvalue weighted by Crippen LogP contribution is 2.24. The van der Waals surface area contributed by atoms with E-state index in [1.54, 1.807) is 0 Å². The molecule has 0 aromatic rings. The smallest absolute Gasteiger partial charge is 0.305 e. The number of hydrogen-bond acceptors (Lipinski definition) is 3. The molecule has 0 unspecified atom stereocenters. The Bertz CT molecular complexity index is 237. The highest BCUT2D eigenvalue weighted by molar-refractivity contribution is 5.69. The number of piperidine rings is 1. The van der Waals surface area contributed by atoms with Gasteiger partial charge in [0.25, 0.3) is 0 Å². The molecule has 0 saturated carbocycles. The fourth-order valence-corrected chi connectivity index (χ4v) is 2.23. The average Bonchev–Trinajstić information content (AvgIpc) is 2.27. The third-order valence-corrected chi connectivity index (χ3v) is 3.57. The van der Waals surface area contributed by atoms with Crippen LogP contribution in [0.5, 0.6) is 0 Å². The van der Waals surface area contributed by atoms with Gasteiger partial charge in [-0.05, 0) is 50.2 Å².